The second kappa shape index (κ2) is 7.09. The van der Waals surface area contributed by atoms with Gasteiger partial charge in [-0.2, -0.15) is 0 Å². The minimum atomic E-state index is 0.0837. The number of Topliss-reactive ketones (excluding diaryl/α,β-unsaturated/α-hetero) is 1. The van der Waals surface area contributed by atoms with Crippen LogP contribution < -0.4 is 4.74 Å². The number of aryl methyl sites for hydroxylation is 1. The van der Waals surface area contributed by atoms with Gasteiger partial charge in [-0.1, -0.05) is 35.9 Å². The van der Waals surface area contributed by atoms with Gasteiger partial charge in [0, 0.05) is 23.7 Å². The molecular formula is C21H19NO2. The Hall–Kier alpha value is -2.94. The van der Waals surface area contributed by atoms with Crippen LogP contribution in [0.15, 0.2) is 66.9 Å². The zero-order chi connectivity index (χ0) is 16.9. The van der Waals surface area contributed by atoms with E-state index in [1.807, 2.05) is 67.6 Å². The minimum Gasteiger partial charge on any atom is -0.497 e. The molecule has 0 aliphatic rings. The van der Waals surface area contributed by atoms with Crippen molar-refractivity contribution in [1.82, 2.24) is 4.98 Å². The standard InChI is InChI=1S/C21H19NO2/c1-15-6-8-16(9-7-15)21(23)14-17-13-18(24-2)10-11-19(17)20-5-3-4-12-22-20/h3-13H,14H2,1-2H3. The SMILES string of the molecule is COc1ccc(-c2ccccn2)c(CC(=O)c2ccc(C)cc2)c1. The summed E-state index contributed by atoms with van der Waals surface area (Å²) in [6, 6.07) is 19.2. The van der Waals surface area contributed by atoms with Gasteiger partial charge in [-0.05, 0) is 42.8 Å². The summed E-state index contributed by atoms with van der Waals surface area (Å²) in [4.78, 5) is 17.1. The van der Waals surface area contributed by atoms with Gasteiger partial charge >= 0.3 is 0 Å². The number of hydrogen-bond acceptors (Lipinski definition) is 3. The van der Waals surface area contributed by atoms with Gasteiger partial charge in [0.05, 0.1) is 12.8 Å². The van der Waals surface area contributed by atoms with Crippen molar-refractivity contribution >= 4 is 5.78 Å². The molecule has 3 rings (SSSR count). The summed E-state index contributed by atoms with van der Waals surface area (Å²) in [6.07, 6.45) is 2.07. The Balaban J connectivity index is 1.96. The lowest BCUT2D eigenvalue weighted by Gasteiger charge is -2.11. The van der Waals surface area contributed by atoms with Crippen LogP contribution in [-0.4, -0.2) is 17.9 Å². The first-order valence-electron chi connectivity index (χ1n) is 7.85. The number of aromatic nitrogens is 1. The Labute approximate surface area is 142 Å². The number of rotatable bonds is 5. The summed E-state index contributed by atoms with van der Waals surface area (Å²) in [5, 5.41) is 0. The third kappa shape index (κ3) is 3.51. The van der Waals surface area contributed by atoms with E-state index in [1.54, 1.807) is 13.3 Å². The van der Waals surface area contributed by atoms with Crippen LogP contribution in [0.1, 0.15) is 21.5 Å². The average Bonchev–Trinajstić information content (AvgIpc) is 2.63. The molecule has 24 heavy (non-hydrogen) atoms. The van der Waals surface area contributed by atoms with Gasteiger partial charge < -0.3 is 4.74 Å². The summed E-state index contributed by atoms with van der Waals surface area (Å²) >= 11 is 0. The number of carbonyl (C=O) groups is 1. The number of carbonyl (C=O) groups excluding carboxylic acids is 1. The van der Waals surface area contributed by atoms with E-state index in [0.717, 1.165) is 33.7 Å². The third-order valence-corrected chi connectivity index (χ3v) is 3.98. The zero-order valence-corrected chi connectivity index (χ0v) is 13.8. The molecule has 0 spiro atoms. The molecule has 120 valence electrons. The lowest BCUT2D eigenvalue weighted by Crippen LogP contribution is -2.05. The molecule has 3 nitrogen and oxygen atoms in total. The maximum absolute atomic E-state index is 12.6. The van der Waals surface area contributed by atoms with Crippen LogP contribution in [0, 0.1) is 6.92 Å². The Morgan fingerprint density at radius 1 is 1.04 bits per heavy atom. The highest BCUT2D eigenvalue weighted by Crippen LogP contribution is 2.27. The predicted molar refractivity (Wildman–Crippen MR) is 95.4 cm³/mol. The highest BCUT2D eigenvalue weighted by molar-refractivity contribution is 5.98. The van der Waals surface area contributed by atoms with E-state index in [9.17, 15) is 4.79 Å². The smallest absolute Gasteiger partial charge is 0.167 e. The largest absolute Gasteiger partial charge is 0.497 e. The lowest BCUT2D eigenvalue weighted by molar-refractivity contribution is 0.0993. The summed E-state index contributed by atoms with van der Waals surface area (Å²) in [5.74, 6) is 0.821. The Morgan fingerprint density at radius 3 is 2.50 bits per heavy atom. The molecule has 2 aromatic carbocycles. The van der Waals surface area contributed by atoms with Crippen molar-refractivity contribution in [3.63, 3.8) is 0 Å². The Kier molecular flexibility index (Phi) is 4.71. The Morgan fingerprint density at radius 2 is 1.83 bits per heavy atom. The van der Waals surface area contributed by atoms with Crippen LogP contribution in [0.5, 0.6) is 5.75 Å². The highest BCUT2D eigenvalue weighted by Gasteiger charge is 2.13. The van der Waals surface area contributed by atoms with Crippen LogP contribution in [0.25, 0.3) is 11.3 Å². The van der Waals surface area contributed by atoms with Crippen molar-refractivity contribution in [3.8, 4) is 17.0 Å². The van der Waals surface area contributed by atoms with Crippen molar-refractivity contribution in [2.24, 2.45) is 0 Å². The summed E-state index contributed by atoms with van der Waals surface area (Å²) in [5.41, 5.74) is 4.58. The number of methoxy groups -OCH3 is 1. The normalized spacial score (nSPS) is 10.4. The van der Waals surface area contributed by atoms with Gasteiger partial charge in [0.2, 0.25) is 0 Å². The molecule has 0 saturated carbocycles. The van der Waals surface area contributed by atoms with Gasteiger partial charge in [-0.25, -0.2) is 0 Å². The van der Waals surface area contributed by atoms with Crippen molar-refractivity contribution in [2.45, 2.75) is 13.3 Å². The first kappa shape index (κ1) is 15.9. The number of ketones is 1. The maximum Gasteiger partial charge on any atom is 0.167 e. The van der Waals surface area contributed by atoms with Crippen LogP contribution in [0.2, 0.25) is 0 Å². The van der Waals surface area contributed by atoms with Crippen molar-refractivity contribution < 1.29 is 9.53 Å². The Bertz CT molecular complexity index is 839. The van der Waals surface area contributed by atoms with Crippen molar-refractivity contribution in [3.05, 3.63) is 83.6 Å². The van der Waals surface area contributed by atoms with E-state index in [4.69, 9.17) is 4.74 Å². The van der Waals surface area contributed by atoms with E-state index in [1.165, 1.54) is 0 Å². The lowest BCUT2D eigenvalue weighted by atomic mass is 9.96. The monoisotopic (exact) mass is 317 g/mol. The number of ether oxygens (including phenoxy) is 1. The van der Waals surface area contributed by atoms with Gasteiger partial charge in [0.15, 0.2) is 5.78 Å². The molecule has 0 N–H and O–H groups in total. The van der Waals surface area contributed by atoms with Crippen molar-refractivity contribution in [2.75, 3.05) is 7.11 Å². The number of benzene rings is 2. The molecule has 0 saturated heterocycles. The summed E-state index contributed by atoms with van der Waals surface area (Å²) in [6.45, 7) is 2.01. The average molecular weight is 317 g/mol. The van der Waals surface area contributed by atoms with E-state index >= 15 is 0 Å². The molecule has 0 bridgehead atoms. The number of nitrogens with zero attached hydrogens (tertiary/aromatic N) is 1. The van der Waals surface area contributed by atoms with E-state index in [2.05, 4.69) is 4.98 Å². The molecular weight excluding hydrogens is 298 g/mol. The fourth-order valence-corrected chi connectivity index (χ4v) is 2.63. The first-order valence-corrected chi connectivity index (χ1v) is 7.85. The zero-order valence-electron chi connectivity index (χ0n) is 13.8. The molecule has 3 aromatic rings. The second-order valence-electron chi connectivity index (χ2n) is 5.70. The van der Waals surface area contributed by atoms with Gasteiger partial charge in [-0.3, -0.25) is 9.78 Å². The van der Waals surface area contributed by atoms with Crippen LogP contribution in [-0.2, 0) is 6.42 Å². The van der Waals surface area contributed by atoms with Gasteiger partial charge in [0.25, 0.3) is 0 Å². The molecule has 0 amide bonds. The molecule has 0 atom stereocenters. The summed E-state index contributed by atoms with van der Waals surface area (Å²) < 4.78 is 5.32. The molecule has 1 aromatic heterocycles. The molecule has 3 heteroatoms. The fourth-order valence-electron chi connectivity index (χ4n) is 2.63. The first-order chi connectivity index (χ1) is 11.7. The maximum atomic E-state index is 12.6. The fraction of sp³-hybridized carbons (Fsp3) is 0.143. The molecule has 0 aliphatic carbocycles. The summed E-state index contributed by atoms with van der Waals surface area (Å²) in [7, 11) is 1.63. The van der Waals surface area contributed by atoms with Gasteiger partial charge in [0.1, 0.15) is 5.75 Å². The quantitative estimate of drug-likeness (QED) is 0.651. The molecule has 0 unspecified atom stereocenters. The highest BCUT2D eigenvalue weighted by atomic mass is 16.5. The third-order valence-electron chi connectivity index (χ3n) is 3.98. The molecule has 0 radical (unpaired) electrons. The number of hydrogen-bond donors (Lipinski definition) is 0. The van der Waals surface area contributed by atoms with E-state index in [0.29, 0.717) is 6.42 Å². The molecule has 0 aliphatic heterocycles. The van der Waals surface area contributed by atoms with Crippen molar-refractivity contribution in [1.29, 1.82) is 0 Å². The van der Waals surface area contributed by atoms with Gasteiger partial charge in [-0.15, -0.1) is 0 Å². The molecule has 0 fully saturated rings. The molecule has 1 heterocycles. The predicted octanol–water partition coefficient (Wildman–Crippen LogP) is 4.49. The van der Waals surface area contributed by atoms with E-state index < -0.39 is 0 Å². The van der Waals surface area contributed by atoms with Crippen LogP contribution >= 0.6 is 0 Å². The second-order valence-corrected chi connectivity index (χ2v) is 5.70. The van der Waals surface area contributed by atoms with E-state index in [-0.39, 0.29) is 5.78 Å². The van der Waals surface area contributed by atoms with Crippen LogP contribution in [0.4, 0.5) is 0 Å². The number of pyridine rings is 1. The minimum absolute atomic E-state index is 0.0837. The van der Waals surface area contributed by atoms with Crippen LogP contribution in [0.3, 0.4) is 0 Å². The topological polar surface area (TPSA) is 39.2 Å².